The fourth-order valence-corrected chi connectivity index (χ4v) is 3.60. The van der Waals surface area contributed by atoms with Gasteiger partial charge in [0.05, 0.1) is 17.8 Å². The van der Waals surface area contributed by atoms with Crippen molar-refractivity contribution in [3.05, 3.63) is 27.7 Å². The molecule has 0 aliphatic heterocycles. The minimum absolute atomic E-state index is 0.156. The molecule has 1 aromatic carbocycles. The van der Waals surface area contributed by atoms with E-state index in [2.05, 4.69) is 26.0 Å². The number of amides is 2. The number of rotatable bonds is 5. The van der Waals surface area contributed by atoms with Gasteiger partial charge >= 0.3 is 18.4 Å². The monoisotopic (exact) mass is 534 g/mol. The molecule has 1 aromatic rings. The Balaban J connectivity index is 3.00. The maximum absolute atomic E-state index is 13.5. The highest BCUT2D eigenvalue weighted by atomic mass is 79.9. The first-order valence-electron chi connectivity index (χ1n) is 8.22. The predicted molar refractivity (Wildman–Crippen MR) is 111 cm³/mol. The molecule has 7 nitrogen and oxygen atoms in total. The van der Waals surface area contributed by atoms with Crippen LogP contribution in [0.5, 0.6) is 0 Å². The van der Waals surface area contributed by atoms with Gasteiger partial charge in [-0.25, -0.2) is 14.5 Å². The van der Waals surface area contributed by atoms with Gasteiger partial charge in [0.1, 0.15) is 11.6 Å². The maximum atomic E-state index is 13.5. The van der Waals surface area contributed by atoms with E-state index in [0.29, 0.717) is 4.47 Å². The number of alkyl halides is 3. The lowest BCUT2D eigenvalue weighted by molar-refractivity contribution is -0.142. The Morgan fingerprint density at radius 2 is 1.87 bits per heavy atom. The Bertz CT molecular complexity index is 805. The van der Waals surface area contributed by atoms with E-state index in [1.54, 1.807) is 20.8 Å². The standard InChI is InChI=1S/C17H19BrClF3N2O5S/c1-16(2,3)29-14(26)23-11(13(25)28-4)8-30-15(27)24(17(20,21)22)12-6-5-9(18)7-10(12)19/h5-7,11H,8H2,1-4H3,(H,23,26)/t11-/m1/s1. The van der Waals surface area contributed by atoms with E-state index in [1.165, 1.54) is 12.1 Å². The summed E-state index contributed by atoms with van der Waals surface area (Å²) in [7, 11) is 1.03. The lowest BCUT2D eigenvalue weighted by atomic mass is 10.2. The number of carbonyl (C=O) groups is 3. The highest BCUT2D eigenvalue weighted by Crippen LogP contribution is 2.37. The van der Waals surface area contributed by atoms with Crippen LogP contribution in [0.15, 0.2) is 22.7 Å². The normalized spacial score (nSPS) is 12.7. The third kappa shape index (κ3) is 8.23. The third-order valence-electron chi connectivity index (χ3n) is 3.14. The number of anilines is 1. The summed E-state index contributed by atoms with van der Waals surface area (Å²) in [5, 5.41) is 0.410. The molecule has 0 aliphatic rings. The van der Waals surface area contributed by atoms with Gasteiger partial charge in [-0.15, -0.1) is 13.2 Å². The van der Waals surface area contributed by atoms with Crippen LogP contribution in [0.4, 0.5) is 28.4 Å². The molecule has 1 atom stereocenters. The highest BCUT2D eigenvalue weighted by Gasteiger charge is 2.44. The molecule has 168 valence electrons. The molecule has 0 fully saturated rings. The van der Waals surface area contributed by atoms with Crippen LogP contribution in [-0.4, -0.2) is 48.1 Å². The van der Waals surface area contributed by atoms with Crippen LogP contribution in [-0.2, 0) is 14.3 Å². The van der Waals surface area contributed by atoms with E-state index < -0.39 is 51.6 Å². The summed E-state index contributed by atoms with van der Waals surface area (Å²) in [4.78, 5) is 35.7. The zero-order valence-electron chi connectivity index (χ0n) is 16.3. The summed E-state index contributed by atoms with van der Waals surface area (Å²) in [5.74, 6) is -1.49. The first-order valence-corrected chi connectivity index (χ1v) is 10.4. The van der Waals surface area contributed by atoms with E-state index in [-0.39, 0.29) is 16.8 Å². The second-order valence-corrected chi connectivity index (χ2v) is 8.99. The minimum atomic E-state index is -5.08. The minimum Gasteiger partial charge on any atom is -0.467 e. The molecule has 0 bridgehead atoms. The summed E-state index contributed by atoms with van der Waals surface area (Å²) in [6.45, 7) is 4.75. The molecular formula is C17H19BrClF3N2O5S. The molecule has 0 aromatic heterocycles. The van der Waals surface area contributed by atoms with Crippen molar-refractivity contribution in [1.82, 2.24) is 5.32 Å². The molecule has 13 heteroatoms. The van der Waals surface area contributed by atoms with Gasteiger partial charge in [0.2, 0.25) is 0 Å². The SMILES string of the molecule is COC(=O)[C@@H](CSC(=O)N(c1ccc(Br)cc1Cl)C(F)(F)F)NC(=O)OC(C)(C)C. The fourth-order valence-electron chi connectivity index (χ4n) is 1.98. The second kappa shape index (κ2) is 10.6. The number of thioether (sulfide) groups is 1. The van der Waals surface area contributed by atoms with Crippen LogP contribution in [0.25, 0.3) is 0 Å². The number of hydrogen-bond acceptors (Lipinski definition) is 6. The molecule has 1 rings (SSSR count). The number of benzene rings is 1. The predicted octanol–water partition coefficient (Wildman–Crippen LogP) is 5.35. The van der Waals surface area contributed by atoms with Gasteiger partial charge in [-0.05, 0) is 39.0 Å². The zero-order chi connectivity index (χ0) is 23.3. The van der Waals surface area contributed by atoms with E-state index in [9.17, 15) is 27.6 Å². The zero-order valence-corrected chi connectivity index (χ0v) is 19.5. The van der Waals surface area contributed by atoms with E-state index in [0.717, 1.165) is 13.2 Å². The second-order valence-electron chi connectivity index (χ2n) is 6.70. The average Bonchev–Trinajstić information content (AvgIpc) is 2.57. The van der Waals surface area contributed by atoms with Crippen molar-refractivity contribution in [2.75, 3.05) is 17.8 Å². The molecule has 0 saturated heterocycles. The number of hydrogen-bond donors (Lipinski definition) is 1. The number of nitrogens with zero attached hydrogens (tertiary/aromatic N) is 1. The Hall–Kier alpha value is -1.66. The van der Waals surface area contributed by atoms with Crippen LogP contribution in [0.3, 0.4) is 0 Å². The largest absolute Gasteiger partial charge is 0.492 e. The van der Waals surface area contributed by atoms with Crippen molar-refractivity contribution in [3.8, 4) is 0 Å². The number of nitrogens with one attached hydrogen (secondary N) is 1. The summed E-state index contributed by atoms with van der Waals surface area (Å²) in [6, 6.07) is 2.10. The topological polar surface area (TPSA) is 84.9 Å². The molecule has 30 heavy (non-hydrogen) atoms. The number of esters is 1. The molecule has 0 aliphatic carbocycles. The first-order chi connectivity index (χ1) is 13.7. The van der Waals surface area contributed by atoms with Gasteiger partial charge in [-0.1, -0.05) is 39.3 Å². The summed E-state index contributed by atoms with van der Waals surface area (Å²) in [6.07, 6.45) is -6.07. The van der Waals surface area contributed by atoms with Gasteiger partial charge in [0.25, 0.3) is 5.24 Å². The van der Waals surface area contributed by atoms with E-state index >= 15 is 0 Å². The molecule has 0 radical (unpaired) electrons. The highest BCUT2D eigenvalue weighted by molar-refractivity contribution is 9.10. The number of halogens is 5. The van der Waals surface area contributed by atoms with Crippen molar-refractivity contribution in [3.63, 3.8) is 0 Å². The van der Waals surface area contributed by atoms with Gasteiger partial charge in [-0.3, -0.25) is 4.79 Å². The summed E-state index contributed by atoms with van der Waals surface area (Å²) in [5.41, 5.74) is -1.46. The van der Waals surface area contributed by atoms with E-state index in [4.69, 9.17) is 16.3 Å². The van der Waals surface area contributed by atoms with Crippen molar-refractivity contribution in [2.45, 2.75) is 38.7 Å². The smallest absolute Gasteiger partial charge is 0.467 e. The molecule has 0 unspecified atom stereocenters. The fraction of sp³-hybridized carbons (Fsp3) is 0.471. The molecule has 2 amide bonds. The van der Waals surface area contributed by atoms with Crippen LogP contribution in [0.2, 0.25) is 5.02 Å². The van der Waals surface area contributed by atoms with Crippen molar-refractivity contribution >= 4 is 62.3 Å². The number of methoxy groups -OCH3 is 1. The molecule has 0 spiro atoms. The summed E-state index contributed by atoms with van der Waals surface area (Å²) < 4.78 is 50.5. The number of carbonyl (C=O) groups excluding carboxylic acids is 3. The van der Waals surface area contributed by atoms with Gasteiger partial charge in [-0.2, -0.15) is 0 Å². The van der Waals surface area contributed by atoms with E-state index in [1.807, 2.05) is 0 Å². The molecule has 1 N–H and O–H groups in total. The quantitative estimate of drug-likeness (QED) is 0.404. The Kier molecular flexibility index (Phi) is 9.30. The summed E-state index contributed by atoms with van der Waals surface area (Å²) >= 11 is 9.09. The van der Waals surface area contributed by atoms with Gasteiger partial charge in [0.15, 0.2) is 0 Å². The Morgan fingerprint density at radius 1 is 1.27 bits per heavy atom. The maximum Gasteiger partial charge on any atom is 0.492 e. The molecule has 0 saturated carbocycles. The first kappa shape index (κ1) is 26.4. The van der Waals surface area contributed by atoms with Crippen LogP contribution in [0, 0.1) is 0 Å². The van der Waals surface area contributed by atoms with Crippen molar-refractivity contribution in [2.24, 2.45) is 0 Å². The Labute approximate surface area is 188 Å². The van der Waals surface area contributed by atoms with Gasteiger partial charge in [0, 0.05) is 10.2 Å². The lowest BCUT2D eigenvalue weighted by Crippen LogP contribution is -2.47. The number of alkyl carbamates (subject to hydrolysis) is 1. The van der Waals surface area contributed by atoms with Gasteiger partial charge < -0.3 is 14.8 Å². The average molecular weight is 536 g/mol. The lowest BCUT2D eigenvalue weighted by Gasteiger charge is -2.26. The van der Waals surface area contributed by atoms with Crippen molar-refractivity contribution < 1.29 is 37.0 Å². The Morgan fingerprint density at radius 3 is 2.33 bits per heavy atom. The van der Waals surface area contributed by atoms with Crippen molar-refractivity contribution in [1.29, 1.82) is 0 Å². The number of ether oxygens (including phenoxy) is 2. The van der Waals surface area contributed by atoms with Crippen LogP contribution >= 0.6 is 39.3 Å². The van der Waals surface area contributed by atoms with Crippen LogP contribution < -0.4 is 10.2 Å². The molecule has 0 heterocycles. The third-order valence-corrected chi connectivity index (χ3v) is 4.86. The molecular weight excluding hydrogens is 517 g/mol. The van der Waals surface area contributed by atoms with Crippen LogP contribution in [0.1, 0.15) is 20.8 Å².